The summed E-state index contributed by atoms with van der Waals surface area (Å²) in [7, 11) is 0. The molecule has 1 fully saturated rings. The lowest BCUT2D eigenvalue weighted by Gasteiger charge is -2.24. The Kier molecular flexibility index (Phi) is 3.26. The summed E-state index contributed by atoms with van der Waals surface area (Å²) in [6.07, 6.45) is 0. The molecule has 4 N–H and O–H groups in total. The van der Waals surface area contributed by atoms with E-state index in [1.165, 1.54) is 6.07 Å². The normalized spacial score (nSPS) is 27.2. The van der Waals surface area contributed by atoms with E-state index < -0.39 is 0 Å². The molecule has 94 valence electrons. The quantitative estimate of drug-likeness (QED) is 0.726. The molecule has 3 atom stereocenters. The highest BCUT2D eigenvalue weighted by Crippen LogP contribution is 2.31. The predicted octanol–water partition coefficient (Wildman–Crippen LogP) is 1.44. The SMILES string of the molecule is CC1CN(C(C)c2cc(O)cc(O)c2)CC1N. The van der Waals surface area contributed by atoms with E-state index in [-0.39, 0.29) is 23.6 Å². The summed E-state index contributed by atoms with van der Waals surface area (Å²) >= 11 is 0. The second kappa shape index (κ2) is 4.55. The first kappa shape index (κ1) is 12.2. The molecule has 1 aliphatic rings. The third-order valence-electron chi connectivity index (χ3n) is 3.65. The molecular weight excluding hydrogens is 216 g/mol. The van der Waals surface area contributed by atoms with E-state index in [1.54, 1.807) is 12.1 Å². The van der Waals surface area contributed by atoms with Crippen LogP contribution in [0.5, 0.6) is 11.5 Å². The highest BCUT2D eigenvalue weighted by Gasteiger charge is 2.30. The minimum absolute atomic E-state index is 0.100. The van der Waals surface area contributed by atoms with Crippen LogP contribution in [0.4, 0.5) is 0 Å². The van der Waals surface area contributed by atoms with Crippen molar-refractivity contribution in [3.8, 4) is 11.5 Å². The Morgan fingerprint density at radius 2 is 1.82 bits per heavy atom. The number of aromatic hydroxyl groups is 2. The van der Waals surface area contributed by atoms with E-state index in [4.69, 9.17) is 5.73 Å². The first-order chi connectivity index (χ1) is 7.97. The van der Waals surface area contributed by atoms with Crippen molar-refractivity contribution in [3.05, 3.63) is 23.8 Å². The molecule has 1 saturated heterocycles. The van der Waals surface area contributed by atoms with Gasteiger partial charge < -0.3 is 15.9 Å². The number of rotatable bonds is 2. The molecule has 0 aromatic heterocycles. The summed E-state index contributed by atoms with van der Waals surface area (Å²) in [6.45, 7) is 6.04. The standard InChI is InChI=1S/C13H20N2O2/c1-8-6-15(7-13(8)14)9(2)10-3-11(16)5-12(17)4-10/h3-5,8-9,13,16-17H,6-7,14H2,1-2H3. The molecule has 1 aromatic rings. The first-order valence-corrected chi connectivity index (χ1v) is 6.00. The first-order valence-electron chi connectivity index (χ1n) is 6.00. The average molecular weight is 236 g/mol. The highest BCUT2D eigenvalue weighted by atomic mass is 16.3. The maximum absolute atomic E-state index is 9.49. The molecule has 0 saturated carbocycles. The maximum atomic E-state index is 9.49. The Bertz CT molecular complexity index is 378. The average Bonchev–Trinajstić information content (AvgIpc) is 2.57. The second-order valence-corrected chi connectivity index (χ2v) is 5.05. The molecule has 2 rings (SSSR count). The van der Waals surface area contributed by atoms with Gasteiger partial charge in [0, 0.05) is 31.2 Å². The fourth-order valence-electron chi connectivity index (χ4n) is 2.42. The molecule has 1 heterocycles. The van der Waals surface area contributed by atoms with E-state index in [2.05, 4.69) is 18.7 Å². The summed E-state index contributed by atoms with van der Waals surface area (Å²) in [4.78, 5) is 2.28. The predicted molar refractivity (Wildman–Crippen MR) is 66.9 cm³/mol. The third kappa shape index (κ3) is 2.53. The molecule has 0 amide bonds. The van der Waals surface area contributed by atoms with Crippen molar-refractivity contribution in [1.82, 2.24) is 4.90 Å². The molecule has 1 aromatic carbocycles. The van der Waals surface area contributed by atoms with Crippen LogP contribution in [0.15, 0.2) is 18.2 Å². The number of phenols is 2. The third-order valence-corrected chi connectivity index (χ3v) is 3.65. The van der Waals surface area contributed by atoms with Crippen molar-refractivity contribution in [3.63, 3.8) is 0 Å². The highest BCUT2D eigenvalue weighted by molar-refractivity contribution is 5.38. The lowest BCUT2D eigenvalue weighted by Crippen LogP contribution is -2.29. The van der Waals surface area contributed by atoms with Gasteiger partial charge in [-0.3, -0.25) is 4.90 Å². The molecule has 4 nitrogen and oxygen atoms in total. The van der Waals surface area contributed by atoms with Gasteiger partial charge in [-0.2, -0.15) is 0 Å². The van der Waals surface area contributed by atoms with Gasteiger partial charge in [-0.25, -0.2) is 0 Å². The smallest absolute Gasteiger partial charge is 0.119 e. The lowest BCUT2D eigenvalue weighted by atomic mass is 10.1. The monoisotopic (exact) mass is 236 g/mol. The van der Waals surface area contributed by atoms with E-state index in [1.807, 2.05) is 0 Å². The lowest BCUT2D eigenvalue weighted by molar-refractivity contribution is 0.252. The zero-order valence-electron chi connectivity index (χ0n) is 10.3. The van der Waals surface area contributed by atoms with Gasteiger partial charge >= 0.3 is 0 Å². The minimum Gasteiger partial charge on any atom is -0.508 e. The van der Waals surface area contributed by atoms with Crippen LogP contribution in [0.2, 0.25) is 0 Å². The van der Waals surface area contributed by atoms with Crippen LogP contribution in [0, 0.1) is 5.92 Å². The summed E-state index contributed by atoms with van der Waals surface area (Å²) < 4.78 is 0. The number of hydrogen-bond acceptors (Lipinski definition) is 4. The van der Waals surface area contributed by atoms with Gasteiger partial charge in [0.25, 0.3) is 0 Å². The Labute approximate surface area is 102 Å². The molecular formula is C13H20N2O2. The number of nitrogens with two attached hydrogens (primary N) is 1. The van der Waals surface area contributed by atoms with Crippen molar-refractivity contribution in [2.24, 2.45) is 11.7 Å². The van der Waals surface area contributed by atoms with Gasteiger partial charge in [0.2, 0.25) is 0 Å². The fourth-order valence-corrected chi connectivity index (χ4v) is 2.42. The molecule has 0 bridgehead atoms. The van der Waals surface area contributed by atoms with Crippen LogP contribution in [0.1, 0.15) is 25.5 Å². The summed E-state index contributed by atoms with van der Waals surface area (Å²) in [6, 6.07) is 5.10. The van der Waals surface area contributed by atoms with Crippen LogP contribution in [-0.4, -0.2) is 34.2 Å². The Morgan fingerprint density at radius 1 is 1.24 bits per heavy atom. The second-order valence-electron chi connectivity index (χ2n) is 5.05. The van der Waals surface area contributed by atoms with E-state index in [0.29, 0.717) is 5.92 Å². The number of hydrogen-bond donors (Lipinski definition) is 3. The number of likely N-dealkylation sites (tertiary alicyclic amines) is 1. The van der Waals surface area contributed by atoms with E-state index in [0.717, 1.165) is 18.7 Å². The van der Waals surface area contributed by atoms with Gasteiger partial charge in [-0.1, -0.05) is 6.92 Å². The summed E-state index contributed by atoms with van der Waals surface area (Å²) in [5.74, 6) is 0.690. The van der Waals surface area contributed by atoms with E-state index >= 15 is 0 Å². The fraction of sp³-hybridized carbons (Fsp3) is 0.538. The molecule has 0 radical (unpaired) electrons. The van der Waals surface area contributed by atoms with Crippen molar-refractivity contribution in [2.45, 2.75) is 25.9 Å². The maximum Gasteiger partial charge on any atom is 0.119 e. The Morgan fingerprint density at radius 3 is 2.29 bits per heavy atom. The summed E-state index contributed by atoms with van der Waals surface area (Å²) in [5, 5.41) is 19.0. The van der Waals surface area contributed by atoms with Gasteiger partial charge in [0.05, 0.1) is 0 Å². The van der Waals surface area contributed by atoms with Crippen LogP contribution in [0.25, 0.3) is 0 Å². The van der Waals surface area contributed by atoms with E-state index in [9.17, 15) is 10.2 Å². The van der Waals surface area contributed by atoms with Crippen LogP contribution in [0.3, 0.4) is 0 Å². The van der Waals surface area contributed by atoms with Crippen LogP contribution < -0.4 is 5.73 Å². The van der Waals surface area contributed by atoms with Crippen LogP contribution in [-0.2, 0) is 0 Å². The molecule has 0 spiro atoms. The van der Waals surface area contributed by atoms with Gasteiger partial charge in [0.1, 0.15) is 11.5 Å². The van der Waals surface area contributed by atoms with Gasteiger partial charge in [-0.15, -0.1) is 0 Å². The van der Waals surface area contributed by atoms with Crippen molar-refractivity contribution < 1.29 is 10.2 Å². The minimum atomic E-state index is 0.100. The largest absolute Gasteiger partial charge is 0.508 e. The zero-order chi connectivity index (χ0) is 12.6. The van der Waals surface area contributed by atoms with Crippen molar-refractivity contribution >= 4 is 0 Å². The van der Waals surface area contributed by atoms with Crippen LogP contribution >= 0.6 is 0 Å². The molecule has 3 unspecified atom stereocenters. The number of benzene rings is 1. The molecule has 4 heteroatoms. The van der Waals surface area contributed by atoms with Gasteiger partial charge in [-0.05, 0) is 30.5 Å². The van der Waals surface area contributed by atoms with Crippen molar-refractivity contribution in [2.75, 3.05) is 13.1 Å². The number of nitrogens with zero attached hydrogens (tertiary/aromatic N) is 1. The van der Waals surface area contributed by atoms with Gasteiger partial charge in [0.15, 0.2) is 0 Å². The Balaban J connectivity index is 2.17. The molecule has 1 aliphatic heterocycles. The number of phenolic OH excluding ortho intramolecular Hbond substituents is 2. The molecule has 0 aliphatic carbocycles. The van der Waals surface area contributed by atoms with Crippen molar-refractivity contribution in [1.29, 1.82) is 0 Å². The molecule has 17 heavy (non-hydrogen) atoms. The Hall–Kier alpha value is -1.26. The zero-order valence-corrected chi connectivity index (χ0v) is 10.3. The summed E-state index contributed by atoms with van der Waals surface area (Å²) in [5.41, 5.74) is 6.92. The topological polar surface area (TPSA) is 69.7 Å².